The Labute approximate surface area is 279 Å². The number of anilines is 2. The minimum atomic E-state index is -1.25. The van der Waals surface area contributed by atoms with Crippen molar-refractivity contribution in [2.24, 2.45) is 0 Å². The maximum absolute atomic E-state index is 17.4. The third-order valence-corrected chi connectivity index (χ3v) is 9.54. The van der Waals surface area contributed by atoms with Gasteiger partial charge in [0.25, 0.3) is 5.56 Å². The summed E-state index contributed by atoms with van der Waals surface area (Å²) in [6.07, 6.45) is 3.24. The summed E-state index contributed by atoms with van der Waals surface area (Å²) in [5.74, 6) is -4.15. The zero-order valence-corrected chi connectivity index (χ0v) is 27.6. The fourth-order valence-corrected chi connectivity index (χ4v) is 7.17. The molecule has 246 valence electrons. The number of hydrogen-bond donors (Lipinski definition) is 1. The molecule has 2 aromatic heterocycles. The van der Waals surface area contributed by atoms with Gasteiger partial charge in [0.2, 0.25) is 11.7 Å². The molecule has 2 aliphatic rings. The average Bonchev–Trinajstić information content (AvgIpc) is 3.21. The summed E-state index contributed by atoms with van der Waals surface area (Å²) in [4.78, 5) is 35.4. The van der Waals surface area contributed by atoms with Gasteiger partial charge in [-0.2, -0.15) is 0 Å². The summed E-state index contributed by atoms with van der Waals surface area (Å²) >= 11 is 12.3. The molecule has 6 rings (SSSR count). The summed E-state index contributed by atoms with van der Waals surface area (Å²) in [5, 5.41) is -0.683. The van der Waals surface area contributed by atoms with Crippen LogP contribution in [0.5, 0.6) is 5.75 Å². The molecule has 2 atom stereocenters. The Kier molecular flexibility index (Phi) is 8.42. The van der Waals surface area contributed by atoms with E-state index in [9.17, 15) is 9.59 Å². The van der Waals surface area contributed by atoms with E-state index in [4.69, 9.17) is 33.7 Å². The predicted molar refractivity (Wildman–Crippen MR) is 179 cm³/mol. The highest BCUT2D eigenvalue weighted by Crippen LogP contribution is 2.46. The molecule has 2 aliphatic heterocycles. The highest BCUT2D eigenvalue weighted by atomic mass is 35.5. The molecule has 1 amide bonds. The highest BCUT2D eigenvalue weighted by molar-refractivity contribution is 6.37. The maximum Gasteiger partial charge on any atom is 0.300 e. The van der Waals surface area contributed by atoms with Gasteiger partial charge in [-0.3, -0.25) is 19.1 Å². The number of nitrogen functional groups attached to an aromatic ring is 1. The first-order valence-corrected chi connectivity index (χ1v) is 15.9. The summed E-state index contributed by atoms with van der Waals surface area (Å²) in [6, 6.07) is 3.08. The van der Waals surface area contributed by atoms with E-state index in [1.807, 2.05) is 25.7 Å². The third kappa shape index (κ3) is 5.11. The number of aromatic nitrogens is 2. The van der Waals surface area contributed by atoms with Crippen LogP contribution >= 0.6 is 23.2 Å². The smallest absolute Gasteiger partial charge is 0.300 e. The first kappa shape index (κ1) is 32.7. The number of pyridine rings is 2. The molecule has 0 bridgehead atoms. The molecular formula is C34H32Cl2F3N5O3. The molecule has 2 unspecified atom stereocenters. The molecule has 2 N–H and O–H groups in total. The minimum absolute atomic E-state index is 0.00557. The first-order valence-electron chi connectivity index (χ1n) is 15.1. The molecule has 4 heterocycles. The molecule has 0 saturated carbocycles. The lowest BCUT2D eigenvalue weighted by Gasteiger charge is -2.45. The summed E-state index contributed by atoms with van der Waals surface area (Å²) < 4.78 is 56.6. The number of piperazine rings is 1. The number of nitrogens with two attached hydrogens (primary N) is 1. The Balaban J connectivity index is 1.78. The van der Waals surface area contributed by atoms with Gasteiger partial charge >= 0.3 is 0 Å². The lowest BCUT2D eigenvalue weighted by Crippen LogP contribution is -2.59. The van der Waals surface area contributed by atoms with Gasteiger partial charge in [0.05, 0.1) is 56.5 Å². The Morgan fingerprint density at radius 2 is 1.85 bits per heavy atom. The molecule has 1 fully saturated rings. The fourth-order valence-electron chi connectivity index (χ4n) is 6.71. The van der Waals surface area contributed by atoms with Gasteiger partial charge in [0.15, 0.2) is 11.6 Å². The Bertz CT molecular complexity index is 2020. The van der Waals surface area contributed by atoms with Crippen molar-refractivity contribution in [3.05, 3.63) is 86.2 Å². The topological polar surface area (TPSA) is 93.7 Å². The van der Waals surface area contributed by atoms with Crippen molar-refractivity contribution in [3.63, 3.8) is 0 Å². The number of fused-ring (bicyclic) bond motifs is 5. The van der Waals surface area contributed by atoms with Crippen LogP contribution in [0, 0.1) is 24.4 Å². The number of nitrogens with zero attached hydrogens (tertiary/aromatic N) is 4. The summed E-state index contributed by atoms with van der Waals surface area (Å²) in [5.41, 5.74) is 4.67. The molecule has 8 nitrogen and oxygen atoms in total. The van der Waals surface area contributed by atoms with E-state index in [1.165, 1.54) is 6.08 Å². The molecule has 13 heteroatoms. The number of benzene rings is 2. The number of ether oxygens (including phenoxy) is 1. The lowest BCUT2D eigenvalue weighted by molar-refractivity contribution is -0.128. The van der Waals surface area contributed by atoms with Crippen LogP contribution in [0.3, 0.4) is 0 Å². The molecule has 47 heavy (non-hydrogen) atoms. The van der Waals surface area contributed by atoms with Crippen LogP contribution in [0.15, 0.2) is 41.8 Å². The molecule has 0 aliphatic carbocycles. The van der Waals surface area contributed by atoms with Crippen molar-refractivity contribution >= 4 is 51.4 Å². The standard InChI is InChI=1S/C34H32Cl2F3N5O3/c1-6-23(45)42-14-18-8-10-47-33-32(43(18)13-17(42)5)19-11-22(37)24(25-26(38)20(35)12-21(36)28(25)40)27(39)31(19)44(34(33)46)30-16(4)7-9-41-29(30)15(2)3/h6-7,9,11-12,15,17-18H,1,8,10,13-14,40H2,2-5H3. The molecule has 2 aromatic carbocycles. The first-order chi connectivity index (χ1) is 22.3. The average molecular weight is 687 g/mol. The largest absolute Gasteiger partial charge is 0.486 e. The number of aryl methyl sites for hydroxylation is 1. The second-order valence-corrected chi connectivity index (χ2v) is 13.0. The summed E-state index contributed by atoms with van der Waals surface area (Å²) in [6.45, 7) is 11.6. The summed E-state index contributed by atoms with van der Waals surface area (Å²) in [7, 11) is 0. The van der Waals surface area contributed by atoms with Crippen LogP contribution in [-0.4, -0.2) is 52.1 Å². The predicted octanol–water partition coefficient (Wildman–Crippen LogP) is 7.17. The van der Waals surface area contributed by atoms with Gasteiger partial charge in [-0.25, -0.2) is 13.2 Å². The monoisotopic (exact) mass is 685 g/mol. The van der Waals surface area contributed by atoms with Crippen molar-refractivity contribution in [2.75, 3.05) is 30.3 Å². The van der Waals surface area contributed by atoms with E-state index < -0.39 is 44.8 Å². The van der Waals surface area contributed by atoms with E-state index >= 15 is 13.2 Å². The molecule has 1 saturated heterocycles. The molecule has 0 spiro atoms. The van der Waals surface area contributed by atoms with Crippen LogP contribution < -0.4 is 20.9 Å². The van der Waals surface area contributed by atoms with E-state index in [1.54, 1.807) is 24.1 Å². The SMILES string of the molecule is C=CC(=O)N1CC2CCOc3c(c4cc(F)c(-c5c(N)c(Cl)cc(Cl)c5F)c(F)c4n(-c4c(C)ccnc4C(C)C)c3=O)N2CC1C. The second-order valence-electron chi connectivity index (χ2n) is 12.2. The van der Waals surface area contributed by atoms with Crippen LogP contribution in [0.1, 0.15) is 44.4 Å². The quantitative estimate of drug-likeness (QED) is 0.139. The number of halogens is 5. The fraction of sp³-hybridized carbons (Fsp3) is 0.324. The zero-order chi connectivity index (χ0) is 34.1. The highest BCUT2D eigenvalue weighted by Gasteiger charge is 2.40. The van der Waals surface area contributed by atoms with Crippen LogP contribution in [0.2, 0.25) is 10.0 Å². The molecule has 4 aromatic rings. The van der Waals surface area contributed by atoms with Crippen molar-refractivity contribution in [2.45, 2.75) is 52.1 Å². The normalized spacial score (nSPS) is 17.7. The van der Waals surface area contributed by atoms with Gasteiger partial charge in [-0.15, -0.1) is 0 Å². The lowest BCUT2D eigenvalue weighted by atomic mass is 9.96. The van der Waals surface area contributed by atoms with Gasteiger partial charge < -0.3 is 20.3 Å². The Morgan fingerprint density at radius 1 is 1.13 bits per heavy atom. The van der Waals surface area contributed by atoms with Gasteiger partial charge in [0.1, 0.15) is 5.82 Å². The van der Waals surface area contributed by atoms with Gasteiger partial charge in [0, 0.05) is 42.7 Å². The number of hydrogen-bond acceptors (Lipinski definition) is 6. The van der Waals surface area contributed by atoms with E-state index in [2.05, 4.69) is 11.6 Å². The second kappa shape index (κ2) is 12.1. The van der Waals surface area contributed by atoms with E-state index in [0.717, 1.165) is 16.7 Å². The third-order valence-electron chi connectivity index (χ3n) is 8.95. The number of rotatable bonds is 4. The minimum Gasteiger partial charge on any atom is -0.486 e. The molecular weight excluding hydrogens is 654 g/mol. The van der Waals surface area contributed by atoms with Crippen LogP contribution in [0.25, 0.3) is 27.7 Å². The van der Waals surface area contributed by atoms with Crippen molar-refractivity contribution in [1.29, 1.82) is 0 Å². The Hall–Kier alpha value is -4.22. The van der Waals surface area contributed by atoms with Gasteiger partial charge in [-0.05, 0) is 49.6 Å². The Morgan fingerprint density at radius 3 is 2.53 bits per heavy atom. The maximum atomic E-state index is 17.4. The van der Waals surface area contributed by atoms with E-state index in [-0.39, 0.29) is 76.7 Å². The van der Waals surface area contributed by atoms with Crippen molar-refractivity contribution < 1.29 is 22.7 Å². The number of amides is 1. The van der Waals surface area contributed by atoms with Crippen molar-refractivity contribution in [3.8, 4) is 22.6 Å². The van der Waals surface area contributed by atoms with E-state index in [0.29, 0.717) is 17.7 Å². The van der Waals surface area contributed by atoms with Crippen LogP contribution in [-0.2, 0) is 4.79 Å². The van der Waals surface area contributed by atoms with Crippen LogP contribution in [0.4, 0.5) is 24.5 Å². The van der Waals surface area contributed by atoms with Gasteiger partial charge in [-0.1, -0.05) is 43.6 Å². The number of carbonyl (C=O) groups is 1. The van der Waals surface area contributed by atoms with Crippen molar-refractivity contribution in [1.82, 2.24) is 14.5 Å². The zero-order valence-electron chi connectivity index (χ0n) is 26.1. The number of carbonyl (C=O) groups excluding carboxylic acids is 1. The molecule has 0 radical (unpaired) electrons.